The first kappa shape index (κ1) is 26.1. The first-order chi connectivity index (χ1) is 14.6. The summed E-state index contributed by atoms with van der Waals surface area (Å²) in [6.07, 6.45) is 2.60. The number of carboxylic acid groups (broad SMARTS) is 1. The number of rotatable bonds is 7. The molecule has 0 heterocycles. The predicted molar refractivity (Wildman–Crippen MR) is 117 cm³/mol. The van der Waals surface area contributed by atoms with Crippen LogP contribution in [0, 0.1) is 5.92 Å². The number of hydrogen-bond donors (Lipinski definition) is 5. The minimum absolute atomic E-state index is 0.0560. The maximum absolute atomic E-state index is 12.6. The molecule has 9 heteroatoms. The van der Waals surface area contributed by atoms with Gasteiger partial charge in [-0.15, -0.1) is 0 Å². The van der Waals surface area contributed by atoms with E-state index in [-0.39, 0.29) is 30.2 Å². The molecule has 6 N–H and O–H groups in total. The highest BCUT2D eigenvalue weighted by molar-refractivity contribution is 5.93. The van der Waals surface area contributed by atoms with Gasteiger partial charge in [0.1, 0.15) is 12.1 Å². The number of fused-ring (bicyclic) bond motifs is 1. The molecule has 1 unspecified atom stereocenters. The van der Waals surface area contributed by atoms with Crippen LogP contribution in [0.2, 0.25) is 0 Å². The zero-order chi connectivity index (χ0) is 23.6. The lowest BCUT2D eigenvalue weighted by Gasteiger charge is -2.28. The van der Waals surface area contributed by atoms with Gasteiger partial charge in [-0.25, -0.2) is 0 Å². The molecule has 4 atom stereocenters. The summed E-state index contributed by atoms with van der Waals surface area (Å²) < 4.78 is 0. The zero-order valence-electron chi connectivity index (χ0n) is 18.6. The Morgan fingerprint density at radius 1 is 1.03 bits per heavy atom. The van der Waals surface area contributed by atoms with Gasteiger partial charge in [0.2, 0.25) is 17.7 Å². The van der Waals surface area contributed by atoms with Crippen LogP contribution in [0.1, 0.15) is 45.2 Å². The minimum Gasteiger partial charge on any atom is -0.483 e. The first-order valence-corrected chi connectivity index (χ1v) is 10.4. The third-order valence-electron chi connectivity index (χ3n) is 5.11. The van der Waals surface area contributed by atoms with Crippen LogP contribution in [-0.4, -0.2) is 53.5 Å². The van der Waals surface area contributed by atoms with Gasteiger partial charge in [-0.05, 0) is 50.2 Å². The third-order valence-corrected chi connectivity index (χ3v) is 5.11. The topological polar surface area (TPSA) is 151 Å². The number of carbonyl (C=O) groups excluding carboxylic acids is 3. The third kappa shape index (κ3) is 8.37. The smallest absolute Gasteiger partial charge is 0.290 e. The van der Waals surface area contributed by atoms with E-state index in [0.29, 0.717) is 0 Å². The molecule has 0 radical (unpaired) electrons. The van der Waals surface area contributed by atoms with E-state index in [2.05, 4.69) is 28.1 Å². The van der Waals surface area contributed by atoms with Crippen LogP contribution in [0.4, 0.5) is 0 Å². The Morgan fingerprint density at radius 3 is 2.16 bits per heavy atom. The van der Waals surface area contributed by atoms with Crippen LogP contribution in [0.25, 0.3) is 0 Å². The van der Waals surface area contributed by atoms with Crippen LogP contribution in [0.5, 0.6) is 0 Å². The Hall–Kier alpha value is -2.94. The molecule has 2 rings (SSSR count). The quantitative estimate of drug-likeness (QED) is 0.391. The van der Waals surface area contributed by atoms with Crippen molar-refractivity contribution in [3.05, 3.63) is 35.4 Å². The van der Waals surface area contributed by atoms with E-state index in [0.717, 1.165) is 19.3 Å². The van der Waals surface area contributed by atoms with Gasteiger partial charge in [0, 0.05) is 6.04 Å². The van der Waals surface area contributed by atoms with E-state index in [1.165, 1.54) is 11.1 Å². The minimum atomic E-state index is -0.740. The molecular weight excluding hydrogens is 400 g/mol. The van der Waals surface area contributed by atoms with Crippen molar-refractivity contribution in [2.45, 2.75) is 71.1 Å². The van der Waals surface area contributed by atoms with Gasteiger partial charge in [0.25, 0.3) is 6.47 Å². The highest BCUT2D eigenvalue weighted by Crippen LogP contribution is 2.21. The fourth-order valence-electron chi connectivity index (χ4n) is 3.34. The molecule has 0 spiro atoms. The maximum Gasteiger partial charge on any atom is 0.290 e. The van der Waals surface area contributed by atoms with Crippen molar-refractivity contribution in [3.63, 3.8) is 0 Å². The highest BCUT2D eigenvalue weighted by atomic mass is 16.3. The lowest BCUT2D eigenvalue weighted by molar-refractivity contribution is -0.133. The summed E-state index contributed by atoms with van der Waals surface area (Å²) in [4.78, 5) is 45.3. The zero-order valence-corrected chi connectivity index (χ0v) is 18.6. The number of carbonyl (C=O) groups is 4. The molecule has 0 saturated heterocycles. The van der Waals surface area contributed by atoms with Gasteiger partial charge < -0.3 is 26.8 Å². The molecule has 0 fully saturated rings. The van der Waals surface area contributed by atoms with Gasteiger partial charge in [-0.3, -0.25) is 19.2 Å². The number of nitrogens with two attached hydrogens (primary N) is 1. The van der Waals surface area contributed by atoms with Crippen molar-refractivity contribution in [1.29, 1.82) is 0 Å². The number of amides is 3. The van der Waals surface area contributed by atoms with Crippen molar-refractivity contribution in [1.82, 2.24) is 16.0 Å². The molecule has 0 aliphatic heterocycles. The van der Waals surface area contributed by atoms with E-state index in [1.807, 2.05) is 26.0 Å². The molecule has 1 aromatic carbocycles. The van der Waals surface area contributed by atoms with E-state index in [9.17, 15) is 14.4 Å². The van der Waals surface area contributed by atoms with Crippen molar-refractivity contribution in [2.75, 3.05) is 0 Å². The summed E-state index contributed by atoms with van der Waals surface area (Å²) in [7, 11) is 0. The monoisotopic (exact) mass is 434 g/mol. The van der Waals surface area contributed by atoms with Gasteiger partial charge >= 0.3 is 0 Å². The van der Waals surface area contributed by atoms with Crippen molar-refractivity contribution >= 4 is 24.2 Å². The molecule has 3 amide bonds. The van der Waals surface area contributed by atoms with Crippen LogP contribution in [0.15, 0.2) is 24.3 Å². The molecule has 0 saturated carbocycles. The van der Waals surface area contributed by atoms with Gasteiger partial charge in [0.05, 0.1) is 6.04 Å². The summed E-state index contributed by atoms with van der Waals surface area (Å²) in [5.74, 6) is -1.14. The molecule has 9 nitrogen and oxygen atoms in total. The van der Waals surface area contributed by atoms with E-state index in [1.54, 1.807) is 13.8 Å². The molecule has 1 aliphatic rings. The maximum atomic E-state index is 12.6. The van der Waals surface area contributed by atoms with E-state index < -0.39 is 24.0 Å². The van der Waals surface area contributed by atoms with E-state index >= 15 is 0 Å². The van der Waals surface area contributed by atoms with Crippen LogP contribution in [-0.2, 0) is 32.0 Å². The molecule has 1 aliphatic carbocycles. The molecule has 0 aromatic heterocycles. The van der Waals surface area contributed by atoms with Crippen LogP contribution < -0.4 is 21.7 Å². The van der Waals surface area contributed by atoms with Crippen molar-refractivity contribution in [2.24, 2.45) is 11.7 Å². The van der Waals surface area contributed by atoms with Gasteiger partial charge in [0.15, 0.2) is 0 Å². The second kappa shape index (κ2) is 12.7. The lowest BCUT2D eigenvalue weighted by atomic mass is 9.88. The molecule has 1 aromatic rings. The van der Waals surface area contributed by atoms with Crippen LogP contribution >= 0.6 is 0 Å². The van der Waals surface area contributed by atoms with E-state index in [4.69, 9.17) is 15.6 Å². The second-order valence-corrected chi connectivity index (χ2v) is 8.07. The molecule has 172 valence electrons. The normalized spacial score (nSPS) is 17.7. The average Bonchev–Trinajstić information content (AvgIpc) is 2.71. The summed E-state index contributed by atoms with van der Waals surface area (Å²) in [5.41, 5.74) is 8.16. The SMILES string of the molecule is CC(C)[C@H](NC(=O)[C@H](C)N)C(=O)N[C@@H](C)C(=O)NC1CCc2ccccc2C1.O=CO. The first-order valence-electron chi connectivity index (χ1n) is 10.4. The Labute approximate surface area is 183 Å². The number of hydrogen-bond acceptors (Lipinski definition) is 5. The Morgan fingerprint density at radius 2 is 1.61 bits per heavy atom. The number of aryl methyl sites for hydroxylation is 1. The fraction of sp³-hybridized carbons (Fsp3) is 0.545. The Balaban J connectivity index is 0.00000151. The summed E-state index contributed by atoms with van der Waals surface area (Å²) in [5, 5.41) is 15.3. The molecule has 0 bridgehead atoms. The van der Waals surface area contributed by atoms with Crippen molar-refractivity contribution in [3.8, 4) is 0 Å². The standard InChI is InChI=1S/C21H32N4O3.CH2O2/c1-12(2)18(25-19(26)13(3)22)21(28)23-14(4)20(27)24-17-10-9-15-7-5-6-8-16(15)11-17;2-1-3/h5-8,12-14,17-18H,9-11,22H2,1-4H3,(H,23,28)(H,24,27)(H,25,26);1H,(H,2,3)/t13-,14-,17?,18-;/m0./s1. The largest absolute Gasteiger partial charge is 0.483 e. The fourth-order valence-corrected chi connectivity index (χ4v) is 3.34. The summed E-state index contributed by atoms with van der Waals surface area (Å²) in [6, 6.07) is 6.17. The Kier molecular flexibility index (Phi) is 10.7. The van der Waals surface area contributed by atoms with Crippen LogP contribution in [0.3, 0.4) is 0 Å². The van der Waals surface area contributed by atoms with Gasteiger partial charge in [-0.2, -0.15) is 0 Å². The number of benzene rings is 1. The predicted octanol–water partition coefficient (Wildman–Crippen LogP) is 0.354. The average molecular weight is 435 g/mol. The van der Waals surface area contributed by atoms with Gasteiger partial charge in [-0.1, -0.05) is 38.1 Å². The molecule has 31 heavy (non-hydrogen) atoms. The second-order valence-electron chi connectivity index (χ2n) is 8.07. The Bertz CT molecular complexity index is 766. The summed E-state index contributed by atoms with van der Waals surface area (Å²) in [6.45, 7) is 6.61. The van der Waals surface area contributed by atoms with Crippen molar-refractivity contribution < 1.29 is 24.3 Å². The number of nitrogens with one attached hydrogen (secondary N) is 3. The highest BCUT2D eigenvalue weighted by Gasteiger charge is 2.28. The lowest BCUT2D eigenvalue weighted by Crippen LogP contribution is -2.57. The summed E-state index contributed by atoms with van der Waals surface area (Å²) >= 11 is 0. The molecular formula is C22H34N4O5.